The zero-order valence-corrected chi connectivity index (χ0v) is 12.5. The summed E-state index contributed by atoms with van der Waals surface area (Å²) in [6, 6.07) is 11.7. The average Bonchev–Trinajstić information content (AvgIpc) is 2.45. The van der Waals surface area contributed by atoms with E-state index in [0.29, 0.717) is 5.56 Å². The second kappa shape index (κ2) is 6.30. The second-order valence-corrected chi connectivity index (χ2v) is 6.55. The summed E-state index contributed by atoms with van der Waals surface area (Å²) in [4.78, 5) is 0.171. The molecular weight excluding hydrogens is 311 g/mol. The van der Waals surface area contributed by atoms with Crippen LogP contribution in [0.1, 0.15) is 11.1 Å². The molecule has 7 heteroatoms. The number of hydrogen-bond acceptors (Lipinski definition) is 3. The summed E-state index contributed by atoms with van der Waals surface area (Å²) >= 11 is 4.84. The van der Waals surface area contributed by atoms with Crippen molar-refractivity contribution in [3.05, 3.63) is 65.5 Å². The highest BCUT2D eigenvalue weighted by Crippen LogP contribution is 2.11. The summed E-state index contributed by atoms with van der Waals surface area (Å²) in [6.07, 6.45) is 0. The zero-order chi connectivity index (χ0) is 15.5. The number of sulfonamides is 1. The maximum Gasteiger partial charge on any atom is 0.240 e. The van der Waals surface area contributed by atoms with E-state index in [1.807, 2.05) is 0 Å². The van der Waals surface area contributed by atoms with Crippen molar-refractivity contribution >= 4 is 27.2 Å². The minimum atomic E-state index is -3.75. The molecule has 2 aromatic carbocycles. The fourth-order valence-electron chi connectivity index (χ4n) is 1.68. The molecule has 0 fully saturated rings. The Morgan fingerprint density at radius 1 is 1.19 bits per heavy atom. The van der Waals surface area contributed by atoms with Crippen LogP contribution in [0.2, 0.25) is 0 Å². The molecule has 0 aliphatic rings. The van der Waals surface area contributed by atoms with Crippen LogP contribution in [0.15, 0.2) is 53.4 Å². The van der Waals surface area contributed by atoms with E-state index in [1.54, 1.807) is 24.3 Å². The molecule has 0 saturated heterocycles. The van der Waals surface area contributed by atoms with Crippen LogP contribution in [0.5, 0.6) is 0 Å². The van der Waals surface area contributed by atoms with Gasteiger partial charge in [-0.2, -0.15) is 0 Å². The lowest BCUT2D eigenvalue weighted by molar-refractivity contribution is 0.577. The van der Waals surface area contributed by atoms with Gasteiger partial charge in [-0.1, -0.05) is 42.5 Å². The van der Waals surface area contributed by atoms with Gasteiger partial charge < -0.3 is 5.73 Å². The molecule has 0 aliphatic heterocycles. The predicted molar refractivity (Wildman–Crippen MR) is 82.8 cm³/mol. The average molecular weight is 324 g/mol. The molecule has 0 aliphatic carbocycles. The Hall–Kier alpha value is -1.83. The molecule has 0 unspecified atom stereocenters. The van der Waals surface area contributed by atoms with Crippen LogP contribution in [0.3, 0.4) is 0 Å². The summed E-state index contributed by atoms with van der Waals surface area (Å²) in [5, 5.41) is 0. The second-order valence-electron chi connectivity index (χ2n) is 4.34. The van der Waals surface area contributed by atoms with E-state index < -0.39 is 15.8 Å². The Kier molecular flexibility index (Phi) is 4.66. The number of hydrogen-bond donors (Lipinski definition) is 2. The fourth-order valence-corrected chi connectivity index (χ4v) is 2.87. The van der Waals surface area contributed by atoms with Crippen molar-refractivity contribution in [2.75, 3.05) is 0 Å². The standard InChI is InChI=1S/C14H13FN2O2S2/c15-12-2-1-3-13(8-12)21(18,19)17-9-10-4-6-11(7-5-10)14(16)20/h1-8,17H,9H2,(H2,16,20). The third kappa shape index (κ3) is 4.07. The first-order chi connectivity index (χ1) is 9.88. The van der Waals surface area contributed by atoms with Gasteiger partial charge in [0, 0.05) is 12.1 Å². The van der Waals surface area contributed by atoms with E-state index in [2.05, 4.69) is 4.72 Å². The largest absolute Gasteiger partial charge is 0.389 e. The van der Waals surface area contributed by atoms with E-state index >= 15 is 0 Å². The molecule has 0 atom stereocenters. The van der Waals surface area contributed by atoms with Gasteiger partial charge in [-0.05, 0) is 23.8 Å². The van der Waals surface area contributed by atoms with E-state index in [4.69, 9.17) is 18.0 Å². The SMILES string of the molecule is NC(=S)c1ccc(CNS(=O)(=O)c2cccc(F)c2)cc1. The first-order valence-electron chi connectivity index (χ1n) is 6.02. The molecule has 0 radical (unpaired) electrons. The van der Waals surface area contributed by atoms with Gasteiger partial charge >= 0.3 is 0 Å². The highest BCUT2D eigenvalue weighted by Gasteiger charge is 2.14. The summed E-state index contributed by atoms with van der Waals surface area (Å²) in [5.41, 5.74) is 6.94. The first-order valence-corrected chi connectivity index (χ1v) is 7.91. The fraction of sp³-hybridized carbons (Fsp3) is 0.0714. The molecule has 0 bridgehead atoms. The predicted octanol–water partition coefficient (Wildman–Crippen LogP) is 1.94. The smallest absolute Gasteiger partial charge is 0.240 e. The van der Waals surface area contributed by atoms with E-state index in [0.717, 1.165) is 11.6 Å². The Morgan fingerprint density at radius 3 is 2.43 bits per heavy atom. The van der Waals surface area contributed by atoms with Crippen LogP contribution < -0.4 is 10.5 Å². The van der Waals surface area contributed by atoms with Gasteiger partial charge in [0.05, 0.1) is 4.90 Å². The van der Waals surface area contributed by atoms with Crippen molar-refractivity contribution in [3.63, 3.8) is 0 Å². The van der Waals surface area contributed by atoms with Crippen LogP contribution in [0, 0.1) is 5.82 Å². The third-order valence-corrected chi connectivity index (χ3v) is 4.45. The number of rotatable bonds is 5. The molecule has 3 N–H and O–H groups in total. The van der Waals surface area contributed by atoms with Gasteiger partial charge in [-0.25, -0.2) is 17.5 Å². The highest BCUT2D eigenvalue weighted by atomic mass is 32.2. The van der Waals surface area contributed by atoms with Crippen LogP contribution in [0.4, 0.5) is 4.39 Å². The maximum atomic E-state index is 13.1. The Balaban J connectivity index is 2.10. The molecule has 2 aromatic rings. The van der Waals surface area contributed by atoms with Crippen molar-refractivity contribution in [1.82, 2.24) is 4.72 Å². The number of benzene rings is 2. The minimum Gasteiger partial charge on any atom is -0.389 e. The van der Waals surface area contributed by atoms with Gasteiger partial charge in [-0.3, -0.25) is 0 Å². The summed E-state index contributed by atoms with van der Waals surface area (Å²) in [7, 11) is -3.75. The van der Waals surface area contributed by atoms with E-state index in [1.165, 1.54) is 18.2 Å². The van der Waals surface area contributed by atoms with Crippen LogP contribution in [0.25, 0.3) is 0 Å². The van der Waals surface area contributed by atoms with Crippen molar-refractivity contribution in [2.24, 2.45) is 5.73 Å². The molecule has 4 nitrogen and oxygen atoms in total. The van der Waals surface area contributed by atoms with Gasteiger partial charge in [0.1, 0.15) is 10.8 Å². The zero-order valence-electron chi connectivity index (χ0n) is 10.9. The lowest BCUT2D eigenvalue weighted by atomic mass is 10.1. The monoisotopic (exact) mass is 324 g/mol. The molecule has 0 aromatic heterocycles. The van der Waals surface area contributed by atoms with Crippen LogP contribution in [-0.4, -0.2) is 13.4 Å². The van der Waals surface area contributed by atoms with Crippen molar-refractivity contribution in [1.29, 1.82) is 0 Å². The molecule has 2 rings (SSSR count). The Labute approximate surface area is 127 Å². The molecule has 21 heavy (non-hydrogen) atoms. The molecular formula is C14H13FN2O2S2. The van der Waals surface area contributed by atoms with Crippen molar-refractivity contribution in [2.45, 2.75) is 11.4 Å². The quantitative estimate of drug-likeness (QED) is 0.825. The third-order valence-electron chi connectivity index (χ3n) is 2.81. The molecule has 0 spiro atoms. The summed E-state index contributed by atoms with van der Waals surface area (Å²) < 4.78 is 39.5. The topological polar surface area (TPSA) is 72.2 Å². The van der Waals surface area contributed by atoms with Crippen LogP contribution in [-0.2, 0) is 16.6 Å². The van der Waals surface area contributed by atoms with E-state index in [9.17, 15) is 12.8 Å². The number of nitrogens with one attached hydrogen (secondary N) is 1. The van der Waals surface area contributed by atoms with Gasteiger partial charge in [0.2, 0.25) is 10.0 Å². The van der Waals surface area contributed by atoms with Gasteiger partial charge in [-0.15, -0.1) is 0 Å². The molecule has 110 valence electrons. The maximum absolute atomic E-state index is 13.1. The van der Waals surface area contributed by atoms with Crippen LogP contribution >= 0.6 is 12.2 Å². The Bertz CT molecular complexity index is 759. The lowest BCUT2D eigenvalue weighted by Crippen LogP contribution is -2.23. The highest BCUT2D eigenvalue weighted by molar-refractivity contribution is 7.89. The van der Waals surface area contributed by atoms with Gasteiger partial charge in [0.25, 0.3) is 0 Å². The molecule has 0 saturated carbocycles. The minimum absolute atomic E-state index is 0.0937. The van der Waals surface area contributed by atoms with E-state index in [-0.39, 0.29) is 16.4 Å². The Morgan fingerprint density at radius 2 is 1.86 bits per heavy atom. The van der Waals surface area contributed by atoms with Crippen molar-refractivity contribution in [3.8, 4) is 0 Å². The normalized spacial score (nSPS) is 11.3. The first kappa shape index (κ1) is 15.6. The summed E-state index contributed by atoms with van der Waals surface area (Å²) in [6.45, 7) is 0.0937. The molecule has 0 heterocycles. The lowest BCUT2D eigenvalue weighted by Gasteiger charge is -2.07. The summed E-state index contributed by atoms with van der Waals surface area (Å²) in [5.74, 6) is -0.598. The number of halogens is 1. The number of nitrogens with two attached hydrogens (primary N) is 1. The van der Waals surface area contributed by atoms with Gasteiger partial charge in [0.15, 0.2) is 0 Å². The van der Waals surface area contributed by atoms with Crippen molar-refractivity contribution < 1.29 is 12.8 Å². The number of thiocarbonyl (C=S) groups is 1. The molecule has 0 amide bonds.